The van der Waals surface area contributed by atoms with Crippen LogP contribution >= 0.6 is 10.3 Å². The van der Waals surface area contributed by atoms with E-state index in [0.29, 0.717) is 34.5 Å². The summed E-state index contributed by atoms with van der Waals surface area (Å²) < 4.78 is 58.3. The Labute approximate surface area is 267 Å². The molecule has 2 heterocycles. The molecular weight excluding hydrogens is 611 g/mol. The van der Waals surface area contributed by atoms with Gasteiger partial charge >= 0.3 is 10.1 Å². The van der Waals surface area contributed by atoms with Gasteiger partial charge in [-0.3, -0.25) is 0 Å². The van der Waals surface area contributed by atoms with Gasteiger partial charge in [0.05, 0.1) is 18.1 Å². The fourth-order valence-corrected chi connectivity index (χ4v) is 10.5. The Kier molecular flexibility index (Phi) is 9.39. The summed E-state index contributed by atoms with van der Waals surface area (Å²) in [5.74, 6) is 1.28. The van der Waals surface area contributed by atoms with E-state index in [1.54, 1.807) is 24.3 Å². The molecule has 0 radical (unpaired) electrons. The van der Waals surface area contributed by atoms with Crippen LogP contribution in [0, 0.1) is 6.92 Å². The number of hydrogen-bond acceptors (Lipinski definition) is 8. The second kappa shape index (κ2) is 13.4. The van der Waals surface area contributed by atoms with E-state index in [9.17, 15) is 8.42 Å². The molecule has 0 bridgehead atoms. The minimum absolute atomic E-state index is 0.0894. The summed E-state index contributed by atoms with van der Waals surface area (Å²) in [6, 6.07) is 29.5. The van der Waals surface area contributed by atoms with Crippen LogP contribution in [0.25, 0.3) is 0 Å². The van der Waals surface area contributed by atoms with Gasteiger partial charge < -0.3 is 23.8 Å². The van der Waals surface area contributed by atoms with Gasteiger partial charge in [-0.15, -0.1) is 0 Å². The lowest BCUT2D eigenvalue weighted by Crippen LogP contribution is -2.16. The second-order valence-electron chi connectivity index (χ2n) is 11.3. The minimum Gasteiger partial charge on any atom is -0.465 e. The molecule has 4 aromatic carbocycles. The molecule has 2 aliphatic rings. The smallest absolute Gasteiger partial charge is 0.307 e. The average Bonchev–Trinajstić information content (AvgIpc) is 3.76. The molecule has 0 aromatic heterocycles. The van der Waals surface area contributed by atoms with Crippen LogP contribution in [0.3, 0.4) is 0 Å². The summed E-state index contributed by atoms with van der Waals surface area (Å²) in [7, 11) is -3.17. The Morgan fingerprint density at radius 1 is 0.622 bits per heavy atom. The van der Waals surface area contributed by atoms with Gasteiger partial charge in [0.1, 0.15) is 11.5 Å². The van der Waals surface area contributed by atoms with Crippen molar-refractivity contribution in [2.75, 3.05) is 32.2 Å². The number of ether oxygens (including phenoxy) is 4. The van der Waals surface area contributed by atoms with Gasteiger partial charge in [0.25, 0.3) is 0 Å². The van der Waals surface area contributed by atoms with Gasteiger partial charge in [0.2, 0.25) is 0 Å². The SMILES string of the molecule is Cc1ccc(S(=O)(=O)OS(c2ccc(OC3CCCO3)cc2)(c2ccc(OC3CCCO3)cc2)c2ccc(N(C)C)cc2)cc1. The highest BCUT2D eigenvalue weighted by molar-refractivity contribution is 8.33. The molecular formula is C35H39NO7S2. The lowest BCUT2D eigenvalue weighted by molar-refractivity contribution is -0.0393. The van der Waals surface area contributed by atoms with Crippen molar-refractivity contribution in [1.29, 1.82) is 0 Å². The van der Waals surface area contributed by atoms with E-state index in [4.69, 9.17) is 22.6 Å². The van der Waals surface area contributed by atoms with Crippen molar-refractivity contribution in [3.63, 3.8) is 0 Å². The first kappa shape index (κ1) is 31.4. The summed E-state index contributed by atoms with van der Waals surface area (Å²) in [5.41, 5.74) is 1.93. The molecule has 2 saturated heterocycles. The van der Waals surface area contributed by atoms with E-state index in [1.807, 2.05) is 98.7 Å². The monoisotopic (exact) mass is 649 g/mol. The summed E-state index contributed by atoms with van der Waals surface area (Å²) in [6.07, 6.45) is 2.98. The maximum Gasteiger partial charge on any atom is 0.307 e. The van der Waals surface area contributed by atoms with E-state index < -0.39 is 20.4 Å². The molecule has 6 rings (SSSR count). The van der Waals surface area contributed by atoms with Crippen LogP contribution in [0.2, 0.25) is 0 Å². The van der Waals surface area contributed by atoms with Crippen LogP contribution in [-0.2, 0) is 23.2 Å². The molecule has 0 spiro atoms. The molecule has 2 unspecified atom stereocenters. The van der Waals surface area contributed by atoms with Crippen molar-refractivity contribution in [2.24, 2.45) is 0 Å². The first-order valence-electron chi connectivity index (χ1n) is 15.1. The number of hydrogen-bond donors (Lipinski definition) is 0. The topological polar surface area (TPSA) is 83.5 Å². The van der Waals surface area contributed by atoms with Crippen molar-refractivity contribution in [1.82, 2.24) is 0 Å². The zero-order valence-electron chi connectivity index (χ0n) is 25.8. The van der Waals surface area contributed by atoms with E-state index in [2.05, 4.69) is 0 Å². The van der Waals surface area contributed by atoms with Crippen molar-refractivity contribution >= 4 is 26.1 Å². The summed E-state index contributed by atoms with van der Waals surface area (Å²) in [4.78, 5) is 4.21. The minimum atomic E-state index is -4.24. The largest absolute Gasteiger partial charge is 0.465 e. The molecule has 10 heteroatoms. The van der Waals surface area contributed by atoms with Crippen LogP contribution in [0.5, 0.6) is 11.5 Å². The Hall–Kier alpha value is -3.54. The quantitative estimate of drug-likeness (QED) is 0.164. The van der Waals surface area contributed by atoms with E-state index in [1.165, 1.54) is 0 Å². The van der Waals surface area contributed by atoms with Crippen LogP contribution in [0.4, 0.5) is 5.69 Å². The Morgan fingerprint density at radius 3 is 1.44 bits per heavy atom. The Balaban J connectivity index is 1.49. The zero-order chi connectivity index (χ0) is 31.4. The van der Waals surface area contributed by atoms with Crippen LogP contribution in [0.15, 0.2) is 117 Å². The number of benzene rings is 4. The molecule has 2 aliphatic heterocycles. The standard InChI is InChI=1S/C35H39NO7S2/c1-26-8-16-33(17-9-26)45(37,38)43-44(30-18-10-27(11-19-30)36(2)3,31-20-12-28(13-21-31)41-34-6-4-24-39-34)32-22-14-29(15-23-32)42-35-7-5-25-40-35/h8-23,34-35H,4-7,24-25H2,1-3H3. The van der Waals surface area contributed by atoms with Crippen molar-refractivity contribution < 1.29 is 31.0 Å². The fourth-order valence-electron chi connectivity index (χ4n) is 5.35. The lowest BCUT2D eigenvalue weighted by Gasteiger charge is -2.39. The molecule has 4 aromatic rings. The Bertz CT molecular complexity index is 1600. The second-order valence-corrected chi connectivity index (χ2v) is 15.8. The molecule has 8 nitrogen and oxygen atoms in total. The van der Waals surface area contributed by atoms with Crippen molar-refractivity contribution in [2.45, 2.75) is 64.8 Å². The average molecular weight is 650 g/mol. The molecule has 0 amide bonds. The highest BCUT2D eigenvalue weighted by atomic mass is 32.3. The number of aryl methyl sites for hydroxylation is 1. The normalized spacial score (nSPS) is 20.3. The summed E-state index contributed by atoms with van der Waals surface area (Å²) >= 11 is 0. The molecule has 238 valence electrons. The first-order chi connectivity index (χ1) is 21.7. The Morgan fingerprint density at radius 2 is 1.04 bits per heavy atom. The van der Waals surface area contributed by atoms with Gasteiger partial charge in [0, 0.05) is 47.3 Å². The van der Waals surface area contributed by atoms with Crippen molar-refractivity contribution in [3.05, 3.63) is 103 Å². The third-order valence-corrected chi connectivity index (χ3v) is 13.0. The van der Waals surface area contributed by atoms with Crippen LogP contribution < -0.4 is 14.4 Å². The predicted octanol–water partition coefficient (Wildman–Crippen LogP) is 7.69. The first-order valence-corrected chi connectivity index (χ1v) is 18.1. The van der Waals surface area contributed by atoms with Crippen molar-refractivity contribution in [3.8, 4) is 11.5 Å². The lowest BCUT2D eigenvalue weighted by atomic mass is 10.2. The van der Waals surface area contributed by atoms with E-state index >= 15 is 0 Å². The van der Waals surface area contributed by atoms with Crippen LogP contribution in [0.1, 0.15) is 31.2 Å². The van der Waals surface area contributed by atoms with E-state index in [0.717, 1.165) is 41.8 Å². The predicted molar refractivity (Wildman–Crippen MR) is 175 cm³/mol. The molecule has 45 heavy (non-hydrogen) atoms. The van der Waals surface area contributed by atoms with Gasteiger partial charge in [-0.25, -0.2) is 3.63 Å². The highest BCUT2D eigenvalue weighted by Gasteiger charge is 2.39. The number of rotatable bonds is 11. The molecule has 2 atom stereocenters. The van der Waals surface area contributed by atoms with Gasteiger partial charge in [-0.1, -0.05) is 17.7 Å². The van der Waals surface area contributed by atoms with Gasteiger partial charge in [-0.05, 0) is 115 Å². The molecule has 0 N–H and O–H groups in total. The number of nitrogens with zero attached hydrogens (tertiary/aromatic N) is 1. The molecule has 0 saturated carbocycles. The third-order valence-electron chi connectivity index (χ3n) is 7.81. The molecule has 2 fully saturated rings. The fraction of sp³-hybridized carbons (Fsp3) is 0.314. The molecule has 0 aliphatic carbocycles. The van der Waals surface area contributed by atoms with Gasteiger partial charge in [-0.2, -0.15) is 8.42 Å². The maximum atomic E-state index is 14.2. The van der Waals surface area contributed by atoms with E-state index in [-0.39, 0.29) is 17.5 Å². The maximum absolute atomic E-state index is 14.2. The van der Waals surface area contributed by atoms with Crippen LogP contribution in [-0.4, -0.2) is 48.3 Å². The highest BCUT2D eigenvalue weighted by Crippen LogP contribution is 2.70. The zero-order valence-corrected chi connectivity index (χ0v) is 27.4. The third kappa shape index (κ3) is 7.00. The van der Waals surface area contributed by atoms with Gasteiger partial charge in [0.15, 0.2) is 12.6 Å². The summed E-state index contributed by atoms with van der Waals surface area (Å²) in [6.45, 7) is 3.27. The summed E-state index contributed by atoms with van der Waals surface area (Å²) in [5, 5.41) is 0. The number of anilines is 1.